The Bertz CT molecular complexity index is 1010. The number of carbonyl (C=O) groups excluding carboxylic acids is 2. The van der Waals surface area contributed by atoms with Crippen LogP contribution in [0.25, 0.3) is 0 Å². The van der Waals surface area contributed by atoms with Crippen LogP contribution in [0.15, 0.2) is 78.2 Å². The molecule has 2 N–H and O–H groups in total. The third-order valence-corrected chi connectivity index (χ3v) is 6.47. The molecule has 1 saturated heterocycles. The zero-order valence-electron chi connectivity index (χ0n) is 17.2. The first-order chi connectivity index (χ1) is 15.0. The van der Waals surface area contributed by atoms with Gasteiger partial charge in [0.2, 0.25) is 5.91 Å². The summed E-state index contributed by atoms with van der Waals surface area (Å²) in [6.45, 7) is 2.38. The molecule has 1 aromatic heterocycles. The van der Waals surface area contributed by atoms with E-state index in [1.54, 1.807) is 11.3 Å². The van der Waals surface area contributed by atoms with E-state index in [9.17, 15) is 14.7 Å². The first-order valence-corrected chi connectivity index (χ1v) is 11.1. The Kier molecular flexibility index (Phi) is 6.34. The van der Waals surface area contributed by atoms with Gasteiger partial charge in [0.05, 0.1) is 12.6 Å². The van der Waals surface area contributed by atoms with Gasteiger partial charge in [0.1, 0.15) is 0 Å². The van der Waals surface area contributed by atoms with Crippen LogP contribution in [0.3, 0.4) is 0 Å². The number of amides is 3. The van der Waals surface area contributed by atoms with Gasteiger partial charge < -0.3 is 15.3 Å². The van der Waals surface area contributed by atoms with Crippen molar-refractivity contribution in [3.63, 3.8) is 0 Å². The van der Waals surface area contributed by atoms with Crippen molar-refractivity contribution in [2.24, 2.45) is 0 Å². The fourth-order valence-electron chi connectivity index (χ4n) is 3.80. The van der Waals surface area contributed by atoms with Crippen molar-refractivity contribution in [1.29, 1.82) is 0 Å². The third kappa shape index (κ3) is 4.62. The van der Waals surface area contributed by atoms with Crippen molar-refractivity contribution in [1.82, 2.24) is 15.1 Å². The van der Waals surface area contributed by atoms with Crippen molar-refractivity contribution in [3.8, 4) is 0 Å². The van der Waals surface area contributed by atoms with Gasteiger partial charge in [0.25, 0.3) is 0 Å². The van der Waals surface area contributed by atoms with E-state index in [0.717, 1.165) is 16.0 Å². The topological polar surface area (TPSA) is 72.9 Å². The van der Waals surface area contributed by atoms with E-state index >= 15 is 0 Å². The molecule has 6 nitrogen and oxygen atoms in total. The maximum atomic E-state index is 13.3. The molecule has 1 aliphatic rings. The summed E-state index contributed by atoms with van der Waals surface area (Å²) in [4.78, 5) is 30.3. The number of nitrogens with zero attached hydrogens (tertiary/aromatic N) is 2. The van der Waals surface area contributed by atoms with Gasteiger partial charge in [-0.15, -0.1) is 11.3 Å². The monoisotopic (exact) mass is 435 g/mol. The third-order valence-electron chi connectivity index (χ3n) is 5.42. The molecule has 0 radical (unpaired) electrons. The number of hydrogen-bond acceptors (Lipinski definition) is 4. The first-order valence-electron chi connectivity index (χ1n) is 10.2. The lowest BCUT2D eigenvalue weighted by Crippen LogP contribution is -2.49. The molecule has 0 spiro atoms. The van der Waals surface area contributed by atoms with Crippen LogP contribution in [0.4, 0.5) is 4.79 Å². The number of urea groups is 1. The standard InChI is InChI=1S/C24H25N3O3S/c1-17(20-13-8-14-31-20)25-22(28)21-23(29)27(16-19-11-6-3-7-12-19)24(30)26(21)15-18-9-4-2-5-10-18/h2-14,17,21,23,29H,15-16H2,1H3,(H,25,28)/t17?,21-,23+/m1/s1. The molecule has 2 aromatic carbocycles. The van der Waals surface area contributed by atoms with Crippen molar-refractivity contribution < 1.29 is 14.7 Å². The van der Waals surface area contributed by atoms with E-state index < -0.39 is 12.3 Å². The Balaban J connectivity index is 1.58. The molecule has 2 heterocycles. The fraction of sp³-hybridized carbons (Fsp3) is 0.250. The average molecular weight is 436 g/mol. The van der Waals surface area contributed by atoms with Crippen LogP contribution in [0.5, 0.6) is 0 Å². The average Bonchev–Trinajstić information content (AvgIpc) is 3.39. The predicted octanol–water partition coefficient (Wildman–Crippen LogP) is 3.75. The second-order valence-corrected chi connectivity index (χ2v) is 8.59. The molecule has 0 saturated carbocycles. The van der Waals surface area contributed by atoms with Gasteiger partial charge in [-0.3, -0.25) is 9.69 Å². The van der Waals surface area contributed by atoms with Gasteiger partial charge in [-0.1, -0.05) is 66.7 Å². The number of aliphatic hydroxyl groups excluding tert-OH is 1. The highest BCUT2D eigenvalue weighted by molar-refractivity contribution is 7.10. The Hall–Kier alpha value is -3.16. The molecular weight excluding hydrogens is 410 g/mol. The minimum atomic E-state index is -1.24. The zero-order valence-corrected chi connectivity index (χ0v) is 18.0. The van der Waals surface area contributed by atoms with Crippen LogP contribution in [0.2, 0.25) is 0 Å². The highest BCUT2D eigenvalue weighted by Gasteiger charge is 2.48. The smallest absolute Gasteiger partial charge is 0.323 e. The maximum Gasteiger partial charge on any atom is 0.323 e. The number of aliphatic hydroxyl groups is 1. The van der Waals surface area contributed by atoms with Crippen LogP contribution < -0.4 is 5.32 Å². The summed E-state index contributed by atoms with van der Waals surface area (Å²) in [5.74, 6) is -0.367. The largest absolute Gasteiger partial charge is 0.371 e. The minimum absolute atomic E-state index is 0.212. The minimum Gasteiger partial charge on any atom is -0.371 e. The summed E-state index contributed by atoms with van der Waals surface area (Å²) in [7, 11) is 0. The lowest BCUT2D eigenvalue weighted by atomic mass is 10.1. The normalized spacial score (nSPS) is 19.5. The summed E-state index contributed by atoms with van der Waals surface area (Å²) in [6.07, 6.45) is -1.24. The molecule has 3 aromatic rings. The van der Waals surface area contributed by atoms with Gasteiger partial charge >= 0.3 is 6.03 Å². The maximum absolute atomic E-state index is 13.3. The van der Waals surface area contributed by atoms with Gasteiger partial charge in [0.15, 0.2) is 12.3 Å². The lowest BCUT2D eigenvalue weighted by Gasteiger charge is -2.25. The molecule has 1 aliphatic heterocycles. The Morgan fingerprint density at radius 1 is 0.968 bits per heavy atom. The van der Waals surface area contributed by atoms with Crippen molar-refractivity contribution >= 4 is 23.3 Å². The number of rotatable bonds is 7. The summed E-state index contributed by atoms with van der Waals surface area (Å²) in [5.41, 5.74) is 1.79. The molecule has 0 aliphatic carbocycles. The molecule has 3 atom stereocenters. The van der Waals surface area contributed by atoms with Gasteiger partial charge in [-0.2, -0.15) is 0 Å². The quantitative estimate of drug-likeness (QED) is 0.594. The Morgan fingerprint density at radius 2 is 1.55 bits per heavy atom. The van der Waals surface area contributed by atoms with E-state index in [2.05, 4.69) is 5.32 Å². The second kappa shape index (κ2) is 9.32. The van der Waals surface area contributed by atoms with Gasteiger partial charge in [-0.05, 0) is 29.5 Å². The molecule has 1 unspecified atom stereocenters. The van der Waals surface area contributed by atoms with Crippen LogP contribution in [0, 0.1) is 0 Å². The van der Waals surface area contributed by atoms with Crippen LogP contribution in [0.1, 0.15) is 29.0 Å². The van der Waals surface area contributed by atoms with Gasteiger partial charge in [-0.25, -0.2) is 4.79 Å². The zero-order chi connectivity index (χ0) is 21.8. The van der Waals surface area contributed by atoms with E-state index in [-0.39, 0.29) is 31.1 Å². The van der Waals surface area contributed by atoms with E-state index in [0.29, 0.717) is 0 Å². The predicted molar refractivity (Wildman–Crippen MR) is 120 cm³/mol. The van der Waals surface area contributed by atoms with Crippen LogP contribution >= 0.6 is 11.3 Å². The summed E-state index contributed by atoms with van der Waals surface area (Å²) in [5, 5.41) is 16.0. The molecule has 1 fully saturated rings. The molecule has 160 valence electrons. The highest BCUT2D eigenvalue weighted by atomic mass is 32.1. The summed E-state index contributed by atoms with van der Waals surface area (Å²) in [6, 6.07) is 21.3. The number of hydrogen-bond donors (Lipinski definition) is 2. The molecule has 7 heteroatoms. The van der Waals surface area contributed by atoms with Crippen molar-refractivity contribution in [2.75, 3.05) is 0 Å². The lowest BCUT2D eigenvalue weighted by molar-refractivity contribution is -0.130. The van der Waals surface area contributed by atoms with E-state index in [1.807, 2.05) is 85.1 Å². The first kappa shape index (κ1) is 21.1. The van der Waals surface area contributed by atoms with E-state index in [4.69, 9.17) is 0 Å². The molecule has 4 rings (SSSR count). The van der Waals surface area contributed by atoms with Crippen LogP contribution in [-0.4, -0.2) is 39.1 Å². The Morgan fingerprint density at radius 3 is 2.10 bits per heavy atom. The summed E-state index contributed by atoms with van der Waals surface area (Å²) < 4.78 is 0. The van der Waals surface area contributed by atoms with Crippen molar-refractivity contribution in [2.45, 2.75) is 38.3 Å². The SMILES string of the molecule is CC(NC(=O)[C@@H]1[C@H](O)N(Cc2ccccc2)C(=O)N1Cc1ccccc1)c1cccs1. The number of benzene rings is 2. The van der Waals surface area contributed by atoms with Crippen LogP contribution in [-0.2, 0) is 17.9 Å². The Labute approximate surface area is 185 Å². The highest BCUT2D eigenvalue weighted by Crippen LogP contribution is 2.27. The number of carbonyl (C=O) groups is 2. The second-order valence-electron chi connectivity index (χ2n) is 7.61. The number of thiophene rings is 1. The molecule has 0 bridgehead atoms. The van der Waals surface area contributed by atoms with Gasteiger partial charge in [0, 0.05) is 11.4 Å². The molecule has 31 heavy (non-hydrogen) atoms. The van der Waals surface area contributed by atoms with Crippen molar-refractivity contribution in [3.05, 3.63) is 94.2 Å². The molecule has 3 amide bonds. The van der Waals surface area contributed by atoms with E-state index in [1.165, 1.54) is 9.80 Å². The number of nitrogens with one attached hydrogen (secondary N) is 1. The fourth-order valence-corrected chi connectivity index (χ4v) is 4.53. The molecular formula is C24H25N3O3S. The summed E-state index contributed by atoms with van der Waals surface area (Å²) >= 11 is 1.55.